The molecule has 0 aliphatic carbocycles. The van der Waals surface area contributed by atoms with Crippen molar-refractivity contribution in [3.05, 3.63) is 94.8 Å². The van der Waals surface area contributed by atoms with E-state index in [1.54, 1.807) is 48.0 Å². The number of nitrogens with zero attached hydrogens (tertiary/aromatic N) is 2. The highest BCUT2D eigenvalue weighted by atomic mass is 35.5. The molecule has 0 bridgehead atoms. The molecule has 4 nitrogen and oxygen atoms in total. The monoisotopic (exact) mass is 461 g/mol. The summed E-state index contributed by atoms with van der Waals surface area (Å²) in [5, 5.41) is 7.76. The molecule has 0 saturated heterocycles. The van der Waals surface area contributed by atoms with Crippen LogP contribution in [-0.4, -0.2) is 15.7 Å². The molecular formula is C24H23ClF3N3O. The fourth-order valence-corrected chi connectivity index (χ4v) is 3.56. The van der Waals surface area contributed by atoms with Crippen LogP contribution in [0.4, 0.5) is 13.2 Å². The van der Waals surface area contributed by atoms with Gasteiger partial charge in [-0.2, -0.15) is 18.3 Å². The van der Waals surface area contributed by atoms with E-state index >= 15 is 0 Å². The van der Waals surface area contributed by atoms with Crippen LogP contribution in [0.3, 0.4) is 0 Å². The van der Waals surface area contributed by atoms with Crippen LogP contribution >= 0.6 is 11.6 Å². The molecule has 8 heteroatoms. The number of benzene rings is 2. The van der Waals surface area contributed by atoms with E-state index < -0.39 is 23.7 Å². The smallest absolute Gasteiger partial charge is 0.345 e. The fraction of sp³-hybridized carbons (Fsp3) is 0.250. The Bertz CT molecular complexity index is 1090. The molecular weight excluding hydrogens is 439 g/mol. The summed E-state index contributed by atoms with van der Waals surface area (Å²) in [5.41, 5.74) is 1.36. The van der Waals surface area contributed by atoms with Crippen molar-refractivity contribution in [3.63, 3.8) is 0 Å². The number of hydrogen-bond acceptors (Lipinski definition) is 2. The third kappa shape index (κ3) is 5.59. The predicted molar refractivity (Wildman–Crippen MR) is 119 cm³/mol. The van der Waals surface area contributed by atoms with Gasteiger partial charge in [0.25, 0.3) is 5.91 Å². The van der Waals surface area contributed by atoms with Gasteiger partial charge in [-0.1, -0.05) is 29.8 Å². The van der Waals surface area contributed by atoms with Crippen molar-refractivity contribution < 1.29 is 18.0 Å². The molecule has 1 heterocycles. The maximum Gasteiger partial charge on any atom is 0.416 e. The number of halogens is 4. The van der Waals surface area contributed by atoms with Crippen LogP contribution in [0.1, 0.15) is 52.5 Å². The second-order valence-electron chi connectivity index (χ2n) is 7.40. The lowest BCUT2D eigenvalue weighted by Crippen LogP contribution is -2.29. The molecule has 0 aliphatic rings. The lowest BCUT2D eigenvalue weighted by molar-refractivity contribution is -0.137. The van der Waals surface area contributed by atoms with Crippen molar-refractivity contribution in [3.8, 4) is 5.69 Å². The summed E-state index contributed by atoms with van der Waals surface area (Å²) in [7, 11) is 0. The first-order chi connectivity index (χ1) is 15.2. The summed E-state index contributed by atoms with van der Waals surface area (Å²) in [5.74, 6) is -0.399. The molecule has 0 spiro atoms. The van der Waals surface area contributed by atoms with Crippen LogP contribution in [0.25, 0.3) is 5.69 Å². The highest BCUT2D eigenvalue weighted by Crippen LogP contribution is 2.32. The molecule has 0 saturated carbocycles. The van der Waals surface area contributed by atoms with Crippen LogP contribution in [0.15, 0.2) is 67.4 Å². The fourth-order valence-electron chi connectivity index (χ4n) is 3.43. The predicted octanol–water partition coefficient (Wildman–Crippen LogP) is 6.68. The number of carbonyl (C=O) groups is 1. The van der Waals surface area contributed by atoms with Gasteiger partial charge in [-0.25, -0.2) is 4.68 Å². The van der Waals surface area contributed by atoms with E-state index in [-0.39, 0.29) is 0 Å². The van der Waals surface area contributed by atoms with Gasteiger partial charge in [-0.15, -0.1) is 6.58 Å². The van der Waals surface area contributed by atoms with Gasteiger partial charge in [-0.05, 0) is 68.1 Å². The molecule has 2 aromatic carbocycles. The topological polar surface area (TPSA) is 46.9 Å². The molecule has 3 aromatic rings. The number of alkyl halides is 3. The van der Waals surface area contributed by atoms with Gasteiger partial charge in [0.2, 0.25) is 0 Å². The number of unbranched alkanes of at least 4 members (excludes halogenated alkanes) is 1. The zero-order valence-corrected chi connectivity index (χ0v) is 18.2. The van der Waals surface area contributed by atoms with E-state index in [0.29, 0.717) is 41.1 Å². The average molecular weight is 462 g/mol. The molecule has 1 atom stereocenters. The molecule has 3 rings (SSSR count). The molecule has 168 valence electrons. The van der Waals surface area contributed by atoms with E-state index in [4.69, 9.17) is 11.6 Å². The van der Waals surface area contributed by atoms with Crippen molar-refractivity contribution in [1.29, 1.82) is 0 Å². The first-order valence-corrected chi connectivity index (χ1v) is 10.5. The Morgan fingerprint density at radius 3 is 2.62 bits per heavy atom. The normalized spacial score (nSPS) is 12.4. The molecule has 1 amide bonds. The van der Waals surface area contributed by atoms with Gasteiger partial charge in [-0.3, -0.25) is 4.79 Å². The minimum absolute atomic E-state index is 0.348. The molecule has 1 N–H and O–H groups in total. The van der Waals surface area contributed by atoms with Crippen molar-refractivity contribution in [2.24, 2.45) is 0 Å². The minimum Gasteiger partial charge on any atom is -0.345 e. The summed E-state index contributed by atoms with van der Waals surface area (Å²) in [6, 6.07) is 11.5. The summed E-state index contributed by atoms with van der Waals surface area (Å²) in [6.07, 6.45) is 0.579. The van der Waals surface area contributed by atoms with E-state index in [2.05, 4.69) is 17.0 Å². The van der Waals surface area contributed by atoms with Crippen molar-refractivity contribution in [2.45, 2.75) is 38.4 Å². The molecule has 0 unspecified atom stereocenters. The molecule has 1 aromatic heterocycles. The van der Waals surface area contributed by atoms with Crippen LogP contribution in [0, 0.1) is 6.92 Å². The molecule has 32 heavy (non-hydrogen) atoms. The number of amides is 1. The third-order valence-corrected chi connectivity index (χ3v) is 5.40. The maximum atomic E-state index is 13.2. The van der Waals surface area contributed by atoms with Crippen LogP contribution in [0.5, 0.6) is 0 Å². The van der Waals surface area contributed by atoms with Gasteiger partial charge in [0.15, 0.2) is 0 Å². The van der Waals surface area contributed by atoms with Gasteiger partial charge < -0.3 is 5.32 Å². The van der Waals surface area contributed by atoms with Crippen LogP contribution in [0.2, 0.25) is 5.02 Å². The van der Waals surface area contributed by atoms with Gasteiger partial charge >= 0.3 is 6.18 Å². The molecule has 0 aliphatic heterocycles. The number of aromatic nitrogens is 2. The Balaban J connectivity index is 1.86. The zero-order valence-electron chi connectivity index (χ0n) is 17.5. The molecule has 0 radical (unpaired) electrons. The summed E-state index contributed by atoms with van der Waals surface area (Å²) >= 11 is 5.93. The minimum atomic E-state index is -4.46. The highest BCUT2D eigenvalue weighted by Gasteiger charge is 2.31. The van der Waals surface area contributed by atoms with Crippen LogP contribution in [-0.2, 0) is 6.18 Å². The standard InChI is InChI=1S/C24H23ClF3N3O/c1-3-4-5-9-22(17-7-6-8-18(14-17)24(26,27)28)30-23(32)21-15-29-31(16(21)2)20-12-10-19(25)11-13-20/h3,6-8,10-15,22H,1,4-5,9H2,2H3,(H,30,32)/t22-/m0/s1. The Morgan fingerprint density at radius 1 is 1.25 bits per heavy atom. The first kappa shape index (κ1) is 23.6. The summed E-state index contributed by atoms with van der Waals surface area (Å²) in [6.45, 7) is 5.44. The van der Waals surface area contributed by atoms with E-state index in [9.17, 15) is 18.0 Å². The second-order valence-corrected chi connectivity index (χ2v) is 7.84. The Labute approximate surface area is 189 Å². The highest BCUT2D eigenvalue weighted by molar-refractivity contribution is 6.30. The van der Waals surface area contributed by atoms with E-state index in [1.165, 1.54) is 12.3 Å². The Kier molecular flexibility index (Phi) is 7.40. The Hall–Kier alpha value is -3.06. The van der Waals surface area contributed by atoms with Crippen molar-refractivity contribution in [2.75, 3.05) is 0 Å². The quantitative estimate of drug-likeness (QED) is 0.300. The van der Waals surface area contributed by atoms with Crippen molar-refractivity contribution in [1.82, 2.24) is 15.1 Å². The summed E-state index contributed by atoms with van der Waals surface area (Å²) < 4.78 is 41.2. The first-order valence-electron chi connectivity index (χ1n) is 10.1. The number of rotatable bonds is 8. The number of carbonyl (C=O) groups excluding carboxylic acids is 1. The van der Waals surface area contributed by atoms with Gasteiger partial charge in [0.1, 0.15) is 0 Å². The summed E-state index contributed by atoms with van der Waals surface area (Å²) in [4.78, 5) is 13.0. The third-order valence-electron chi connectivity index (χ3n) is 5.15. The molecule has 0 fully saturated rings. The van der Waals surface area contributed by atoms with E-state index in [0.717, 1.165) is 17.8 Å². The van der Waals surface area contributed by atoms with E-state index in [1.807, 2.05) is 0 Å². The van der Waals surface area contributed by atoms with Crippen molar-refractivity contribution >= 4 is 17.5 Å². The second kappa shape index (κ2) is 10.0. The number of hydrogen-bond donors (Lipinski definition) is 1. The lowest BCUT2D eigenvalue weighted by Gasteiger charge is -2.20. The Morgan fingerprint density at radius 2 is 1.97 bits per heavy atom. The number of nitrogens with one attached hydrogen (secondary N) is 1. The number of allylic oxidation sites excluding steroid dienone is 1. The largest absolute Gasteiger partial charge is 0.416 e. The van der Waals surface area contributed by atoms with Gasteiger partial charge in [0, 0.05) is 5.02 Å². The zero-order chi connectivity index (χ0) is 23.3. The SMILES string of the molecule is C=CCCC[C@H](NC(=O)c1cnn(-c2ccc(Cl)cc2)c1C)c1cccc(C(F)(F)F)c1. The maximum absolute atomic E-state index is 13.2. The lowest BCUT2D eigenvalue weighted by atomic mass is 9.98. The average Bonchev–Trinajstić information content (AvgIpc) is 3.14. The van der Waals surface area contributed by atoms with Gasteiger partial charge in [0.05, 0.1) is 34.7 Å². The van der Waals surface area contributed by atoms with Crippen LogP contribution < -0.4 is 5.32 Å².